The van der Waals surface area contributed by atoms with Gasteiger partial charge >= 0.3 is 63.3 Å². The topological polar surface area (TPSA) is 87.0 Å². The maximum absolute atomic E-state index is 12.0. The number of carbonyl (C=O) groups is 3. The van der Waals surface area contributed by atoms with E-state index in [0.29, 0.717) is 0 Å². The SMILES string of the molecule is C[N-]N(C(=O)CC(=O)OC)c1ccccc1C(=O)OC.[K+]. The van der Waals surface area contributed by atoms with Crippen LogP contribution in [0.1, 0.15) is 16.8 Å². The summed E-state index contributed by atoms with van der Waals surface area (Å²) >= 11 is 0. The Labute approximate surface area is 165 Å². The van der Waals surface area contributed by atoms with Crippen molar-refractivity contribution < 1.29 is 75.2 Å². The van der Waals surface area contributed by atoms with E-state index in [1.54, 1.807) is 12.1 Å². The number of ether oxygens (including phenoxy) is 2. The summed E-state index contributed by atoms with van der Waals surface area (Å²) in [6.45, 7) is 0. The van der Waals surface area contributed by atoms with Crippen molar-refractivity contribution >= 4 is 23.5 Å². The number of para-hydroxylation sites is 1. The van der Waals surface area contributed by atoms with Gasteiger partial charge in [0.2, 0.25) is 5.91 Å². The molecule has 1 aromatic rings. The molecule has 0 aliphatic carbocycles. The van der Waals surface area contributed by atoms with Crippen molar-refractivity contribution in [3.8, 4) is 0 Å². The largest absolute Gasteiger partial charge is 1.00 e. The maximum Gasteiger partial charge on any atom is 1.00 e. The van der Waals surface area contributed by atoms with E-state index in [2.05, 4.69) is 14.9 Å². The van der Waals surface area contributed by atoms with E-state index in [1.807, 2.05) is 0 Å². The van der Waals surface area contributed by atoms with Crippen LogP contribution >= 0.6 is 0 Å². The van der Waals surface area contributed by atoms with Crippen molar-refractivity contribution in [1.82, 2.24) is 0 Å². The van der Waals surface area contributed by atoms with Crippen LogP contribution in [0.4, 0.5) is 5.69 Å². The molecule has 0 aliphatic heterocycles. The summed E-state index contributed by atoms with van der Waals surface area (Å²) in [5.74, 6) is -1.88. The minimum Gasteiger partial charge on any atom is -0.563 e. The zero-order valence-corrected chi connectivity index (χ0v) is 15.6. The smallest absolute Gasteiger partial charge is 0.563 e. The molecule has 21 heavy (non-hydrogen) atoms. The van der Waals surface area contributed by atoms with E-state index >= 15 is 0 Å². The molecule has 7 nitrogen and oxygen atoms in total. The Morgan fingerprint density at radius 2 is 1.76 bits per heavy atom. The molecule has 0 unspecified atom stereocenters. The molecule has 0 bridgehead atoms. The van der Waals surface area contributed by atoms with Gasteiger partial charge in [0.05, 0.1) is 19.8 Å². The Hall–Kier alpha value is -0.774. The molecule has 0 saturated heterocycles. The second-order valence-electron chi connectivity index (χ2n) is 3.67. The van der Waals surface area contributed by atoms with Crippen LogP contribution in [-0.2, 0) is 19.1 Å². The summed E-state index contributed by atoms with van der Waals surface area (Å²) in [7, 11) is 3.80. The van der Waals surface area contributed by atoms with Gasteiger partial charge in [-0.2, -0.15) is 0 Å². The minimum absolute atomic E-state index is 0. The first kappa shape index (κ1) is 20.2. The van der Waals surface area contributed by atoms with Crippen LogP contribution in [0.2, 0.25) is 0 Å². The molecule has 1 rings (SSSR count). The number of rotatable bonds is 5. The predicted molar refractivity (Wildman–Crippen MR) is 71.2 cm³/mol. The fraction of sp³-hybridized carbons (Fsp3) is 0.308. The molecule has 1 amide bonds. The van der Waals surface area contributed by atoms with Gasteiger partial charge in [-0.1, -0.05) is 12.1 Å². The Morgan fingerprint density at radius 3 is 2.29 bits per heavy atom. The van der Waals surface area contributed by atoms with Gasteiger partial charge in [-0.25, -0.2) is 4.79 Å². The van der Waals surface area contributed by atoms with E-state index in [9.17, 15) is 14.4 Å². The summed E-state index contributed by atoms with van der Waals surface area (Å²) in [6, 6.07) is 6.32. The number of carbonyl (C=O) groups excluding carboxylic acids is 3. The average molecular weight is 318 g/mol. The molecule has 8 heteroatoms. The maximum atomic E-state index is 12.0. The quantitative estimate of drug-likeness (QED) is 0.279. The van der Waals surface area contributed by atoms with E-state index in [-0.39, 0.29) is 62.6 Å². The van der Waals surface area contributed by atoms with Gasteiger partial charge in [0.15, 0.2) is 0 Å². The molecule has 0 radical (unpaired) electrons. The second-order valence-corrected chi connectivity index (χ2v) is 3.67. The van der Waals surface area contributed by atoms with Gasteiger partial charge in [0, 0.05) is 5.69 Å². The standard InChI is InChI=1S/C13H15N2O5.K/c1-14-15(11(16)8-12(17)19-2)10-7-5-4-6-9(10)13(18)20-3;/h4-7H,8H2,1-3H3;/q-1;+1. The van der Waals surface area contributed by atoms with Crippen molar-refractivity contribution in [2.24, 2.45) is 0 Å². The van der Waals surface area contributed by atoms with E-state index in [4.69, 9.17) is 0 Å². The second kappa shape index (κ2) is 10.0. The van der Waals surface area contributed by atoms with Crippen LogP contribution in [0.3, 0.4) is 0 Å². The number of amides is 1. The summed E-state index contributed by atoms with van der Waals surface area (Å²) < 4.78 is 9.07. The van der Waals surface area contributed by atoms with Gasteiger partial charge in [0.1, 0.15) is 6.42 Å². The van der Waals surface area contributed by atoms with Crippen LogP contribution < -0.4 is 56.4 Å². The number of methoxy groups -OCH3 is 2. The normalized spacial score (nSPS) is 9.29. The molecule has 0 aromatic heterocycles. The van der Waals surface area contributed by atoms with Crippen LogP contribution in [-0.4, -0.2) is 39.1 Å². The van der Waals surface area contributed by atoms with Gasteiger partial charge in [-0.15, -0.1) is 7.05 Å². The third-order valence-electron chi connectivity index (χ3n) is 2.50. The summed E-state index contributed by atoms with van der Waals surface area (Å²) in [4.78, 5) is 34.8. The van der Waals surface area contributed by atoms with Crippen molar-refractivity contribution in [3.63, 3.8) is 0 Å². The molecule has 0 atom stereocenters. The Balaban J connectivity index is 0.00000400. The molecule has 108 valence electrons. The summed E-state index contributed by atoms with van der Waals surface area (Å²) in [5, 5.41) is 0.975. The first-order chi connectivity index (χ1) is 9.54. The third kappa shape index (κ3) is 5.49. The molecule has 0 N–H and O–H groups in total. The molecule has 0 saturated carbocycles. The van der Waals surface area contributed by atoms with Crippen LogP contribution in [0.15, 0.2) is 24.3 Å². The van der Waals surface area contributed by atoms with Gasteiger partial charge < -0.3 is 19.9 Å². The number of benzene rings is 1. The number of hydrogen-bond donors (Lipinski definition) is 0. The van der Waals surface area contributed by atoms with Crippen molar-refractivity contribution in [2.75, 3.05) is 26.3 Å². The van der Waals surface area contributed by atoms with Crippen LogP contribution in [0.5, 0.6) is 0 Å². The zero-order valence-electron chi connectivity index (χ0n) is 12.5. The first-order valence-electron chi connectivity index (χ1n) is 5.72. The predicted octanol–water partition coefficient (Wildman–Crippen LogP) is -1.71. The fourth-order valence-corrected chi connectivity index (χ4v) is 1.57. The molecular weight excluding hydrogens is 303 g/mol. The number of esters is 2. The van der Waals surface area contributed by atoms with Crippen LogP contribution in [0.25, 0.3) is 5.43 Å². The van der Waals surface area contributed by atoms with Gasteiger partial charge in [0.25, 0.3) is 0 Å². The van der Waals surface area contributed by atoms with E-state index < -0.39 is 24.3 Å². The molecule has 0 heterocycles. The van der Waals surface area contributed by atoms with Crippen molar-refractivity contribution in [2.45, 2.75) is 6.42 Å². The van der Waals surface area contributed by atoms with Gasteiger partial charge in [-0.05, 0) is 12.1 Å². The van der Waals surface area contributed by atoms with Gasteiger partial charge in [-0.3, -0.25) is 9.59 Å². The molecular formula is C13H15KN2O5. The molecule has 0 aliphatic rings. The minimum atomic E-state index is -0.681. The molecule has 1 aromatic carbocycles. The Kier molecular flexibility index (Phi) is 9.67. The summed E-state index contributed by atoms with van der Waals surface area (Å²) in [6.07, 6.45) is -0.469. The Bertz CT molecular complexity index is 521. The molecule has 0 spiro atoms. The third-order valence-corrected chi connectivity index (χ3v) is 2.50. The Morgan fingerprint density at radius 1 is 1.14 bits per heavy atom. The van der Waals surface area contributed by atoms with E-state index in [1.165, 1.54) is 33.4 Å². The average Bonchev–Trinajstić information content (AvgIpc) is 2.47. The molecule has 0 fully saturated rings. The number of nitrogens with zero attached hydrogens (tertiary/aromatic N) is 2. The summed E-state index contributed by atoms with van der Waals surface area (Å²) in [5.41, 5.74) is 4.22. The monoisotopic (exact) mass is 318 g/mol. The van der Waals surface area contributed by atoms with Crippen molar-refractivity contribution in [3.05, 3.63) is 35.3 Å². The van der Waals surface area contributed by atoms with E-state index in [0.717, 1.165) is 5.01 Å². The number of hydrogen-bond acceptors (Lipinski definition) is 5. The van der Waals surface area contributed by atoms with Crippen LogP contribution in [0, 0.1) is 0 Å². The fourth-order valence-electron chi connectivity index (χ4n) is 1.57. The first-order valence-corrected chi connectivity index (χ1v) is 5.72. The number of anilines is 1. The zero-order chi connectivity index (χ0) is 15.1. The van der Waals surface area contributed by atoms with Crippen molar-refractivity contribution in [1.29, 1.82) is 0 Å².